The van der Waals surface area contributed by atoms with E-state index in [2.05, 4.69) is 36.1 Å². The third kappa shape index (κ3) is 4.30. The molecule has 17 heavy (non-hydrogen) atoms. The maximum absolute atomic E-state index is 5.54. The number of rotatable bonds is 7. The van der Waals surface area contributed by atoms with Crippen molar-refractivity contribution in [2.75, 3.05) is 13.2 Å². The average molecular weight is 237 g/mol. The van der Waals surface area contributed by atoms with E-state index in [1.54, 1.807) is 6.20 Å². The third-order valence-electron chi connectivity index (χ3n) is 2.38. The Kier molecular flexibility index (Phi) is 5.91. The molecule has 1 aromatic heterocycles. The first-order valence-corrected chi connectivity index (χ1v) is 6.38. The smallest absolute Gasteiger partial charge is 0.160 e. The number of hydrogen-bond donors (Lipinski definition) is 1. The molecule has 4 heteroatoms. The van der Waals surface area contributed by atoms with Crippen molar-refractivity contribution in [3.05, 3.63) is 17.7 Å². The zero-order valence-corrected chi connectivity index (χ0v) is 11.3. The van der Waals surface area contributed by atoms with E-state index in [1.165, 1.54) is 0 Å². The van der Waals surface area contributed by atoms with Gasteiger partial charge in [-0.1, -0.05) is 20.8 Å². The summed E-state index contributed by atoms with van der Waals surface area (Å²) in [5.74, 6) is 2.01. The van der Waals surface area contributed by atoms with Crippen LogP contribution in [0.2, 0.25) is 0 Å². The summed E-state index contributed by atoms with van der Waals surface area (Å²) in [6.07, 6.45) is 2.90. The predicted octanol–water partition coefficient (Wildman–Crippen LogP) is 2.50. The largest absolute Gasteiger partial charge is 0.490 e. The lowest BCUT2D eigenvalue weighted by Crippen LogP contribution is -2.17. The quantitative estimate of drug-likeness (QED) is 0.740. The van der Waals surface area contributed by atoms with Gasteiger partial charge in [0.25, 0.3) is 0 Å². The first-order chi connectivity index (χ1) is 8.19. The van der Waals surface area contributed by atoms with Gasteiger partial charge in [0.1, 0.15) is 5.82 Å². The fourth-order valence-corrected chi connectivity index (χ4v) is 1.49. The van der Waals surface area contributed by atoms with Gasteiger partial charge >= 0.3 is 0 Å². The van der Waals surface area contributed by atoms with Crippen molar-refractivity contribution < 1.29 is 4.74 Å². The number of nitrogens with zero attached hydrogens (tertiary/aromatic N) is 2. The highest BCUT2D eigenvalue weighted by atomic mass is 16.5. The summed E-state index contributed by atoms with van der Waals surface area (Å²) in [7, 11) is 0. The van der Waals surface area contributed by atoms with Crippen molar-refractivity contribution in [3.63, 3.8) is 0 Å². The Morgan fingerprint density at radius 1 is 1.35 bits per heavy atom. The van der Waals surface area contributed by atoms with Gasteiger partial charge in [-0.15, -0.1) is 0 Å². The normalized spacial score (nSPS) is 10.9. The van der Waals surface area contributed by atoms with Gasteiger partial charge < -0.3 is 10.1 Å². The molecular formula is C13H23N3O. The minimum atomic E-state index is 0.343. The van der Waals surface area contributed by atoms with E-state index in [0.29, 0.717) is 12.5 Å². The van der Waals surface area contributed by atoms with Crippen LogP contribution in [0.25, 0.3) is 0 Å². The van der Waals surface area contributed by atoms with Crippen molar-refractivity contribution in [1.82, 2.24) is 15.3 Å². The Labute approximate surface area is 104 Å². The second-order valence-corrected chi connectivity index (χ2v) is 4.30. The molecule has 1 aromatic rings. The van der Waals surface area contributed by atoms with Crippen molar-refractivity contribution in [1.29, 1.82) is 0 Å². The Bertz CT molecular complexity index is 339. The molecule has 0 aliphatic rings. The molecule has 0 radical (unpaired) electrons. The predicted molar refractivity (Wildman–Crippen MR) is 69.3 cm³/mol. The second kappa shape index (κ2) is 7.22. The van der Waals surface area contributed by atoms with Crippen LogP contribution in [-0.2, 0) is 6.54 Å². The van der Waals surface area contributed by atoms with Gasteiger partial charge in [0.2, 0.25) is 0 Å². The minimum absolute atomic E-state index is 0.343. The van der Waals surface area contributed by atoms with E-state index >= 15 is 0 Å². The highest BCUT2D eigenvalue weighted by Gasteiger charge is 2.10. The zero-order valence-electron chi connectivity index (χ0n) is 11.3. The lowest BCUT2D eigenvalue weighted by Gasteiger charge is -2.12. The van der Waals surface area contributed by atoms with E-state index in [-0.39, 0.29) is 0 Å². The number of ether oxygens (including phenoxy) is 1. The molecule has 0 aliphatic heterocycles. The molecular weight excluding hydrogens is 214 g/mol. The standard InChI is InChI=1S/C13H23N3O/c1-5-7-14-8-11-12(17-6-2)9-15-13(16-11)10(3)4/h9-10,14H,5-8H2,1-4H3. The van der Waals surface area contributed by atoms with Crippen LogP contribution in [0, 0.1) is 0 Å². The van der Waals surface area contributed by atoms with Crippen LogP contribution in [0.15, 0.2) is 6.20 Å². The first kappa shape index (κ1) is 13.9. The molecule has 96 valence electrons. The monoisotopic (exact) mass is 237 g/mol. The summed E-state index contributed by atoms with van der Waals surface area (Å²) in [6.45, 7) is 10.7. The summed E-state index contributed by atoms with van der Waals surface area (Å²) < 4.78 is 5.54. The van der Waals surface area contributed by atoms with Crippen LogP contribution in [0.3, 0.4) is 0 Å². The number of hydrogen-bond acceptors (Lipinski definition) is 4. The van der Waals surface area contributed by atoms with Gasteiger partial charge in [0.05, 0.1) is 18.5 Å². The van der Waals surface area contributed by atoms with E-state index in [0.717, 1.165) is 36.8 Å². The van der Waals surface area contributed by atoms with Crippen molar-refractivity contribution in [2.24, 2.45) is 0 Å². The lowest BCUT2D eigenvalue weighted by molar-refractivity contribution is 0.330. The third-order valence-corrected chi connectivity index (χ3v) is 2.38. The van der Waals surface area contributed by atoms with Gasteiger partial charge in [0, 0.05) is 12.5 Å². The molecule has 0 spiro atoms. The average Bonchev–Trinajstić information content (AvgIpc) is 2.31. The fraction of sp³-hybridized carbons (Fsp3) is 0.692. The number of aromatic nitrogens is 2. The van der Waals surface area contributed by atoms with Crippen LogP contribution < -0.4 is 10.1 Å². The Morgan fingerprint density at radius 3 is 2.71 bits per heavy atom. The molecule has 0 saturated carbocycles. The molecule has 0 amide bonds. The molecule has 1 heterocycles. The highest BCUT2D eigenvalue weighted by molar-refractivity contribution is 5.25. The summed E-state index contributed by atoms with van der Waals surface area (Å²) in [6, 6.07) is 0. The van der Waals surface area contributed by atoms with Crippen LogP contribution >= 0.6 is 0 Å². The second-order valence-electron chi connectivity index (χ2n) is 4.30. The van der Waals surface area contributed by atoms with Crippen molar-refractivity contribution in [3.8, 4) is 5.75 Å². The molecule has 0 bridgehead atoms. The summed E-state index contributed by atoms with van der Waals surface area (Å²) in [4.78, 5) is 8.89. The molecule has 0 aromatic carbocycles. The molecule has 0 unspecified atom stereocenters. The van der Waals surface area contributed by atoms with Gasteiger partial charge in [0.15, 0.2) is 5.75 Å². The van der Waals surface area contributed by atoms with Crippen LogP contribution in [0.4, 0.5) is 0 Å². The topological polar surface area (TPSA) is 47.0 Å². The van der Waals surface area contributed by atoms with Crippen molar-refractivity contribution >= 4 is 0 Å². The van der Waals surface area contributed by atoms with Gasteiger partial charge in [-0.2, -0.15) is 0 Å². The van der Waals surface area contributed by atoms with Gasteiger partial charge in [-0.05, 0) is 19.9 Å². The SMILES string of the molecule is CCCNCc1nc(C(C)C)ncc1OCC. The van der Waals surface area contributed by atoms with E-state index in [4.69, 9.17) is 4.74 Å². The van der Waals surface area contributed by atoms with Gasteiger partial charge in [-0.25, -0.2) is 9.97 Å². The zero-order chi connectivity index (χ0) is 12.7. The lowest BCUT2D eigenvalue weighted by atomic mass is 10.2. The molecule has 0 aliphatic carbocycles. The number of nitrogens with one attached hydrogen (secondary N) is 1. The molecule has 1 rings (SSSR count). The molecule has 4 nitrogen and oxygen atoms in total. The molecule has 0 fully saturated rings. The first-order valence-electron chi connectivity index (χ1n) is 6.38. The Morgan fingerprint density at radius 2 is 2.12 bits per heavy atom. The van der Waals surface area contributed by atoms with Crippen LogP contribution in [0.5, 0.6) is 5.75 Å². The fourth-order valence-electron chi connectivity index (χ4n) is 1.49. The maximum Gasteiger partial charge on any atom is 0.160 e. The minimum Gasteiger partial charge on any atom is -0.490 e. The highest BCUT2D eigenvalue weighted by Crippen LogP contribution is 2.18. The van der Waals surface area contributed by atoms with E-state index in [9.17, 15) is 0 Å². The van der Waals surface area contributed by atoms with E-state index in [1.807, 2.05) is 6.92 Å². The van der Waals surface area contributed by atoms with E-state index < -0.39 is 0 Å². The molecule has 0 saturated heterocycles. The van der Waals surface area contributed by atoms with Crippen LogP contribution in [0.1, 0.15) is 51.6 Å². The Hall–Kier alpha value is -1.16. The summed E-state index contributed by atoms with van der Waals surface area (Å²) >= 11 is 0. The molecule has 1 N–H and O–H groups in total. The maximum atomic E-state index is 5.54. The van der Waals surface area contributed by atoms with Crippen LogP contribution in [-0.4, -0.2) is 23.1 Å². The summed E-state index contributed by atoms with van der Waals surface area (Å²) in [5.41, 5.74) is 0.957. The summed E-state index contributed by atoms with van der Waals surface area (Å²) in [5, 5.41) is 3.35. The van der Waals surface area contributed by atoms with Crippen molar-refractivity contribution in [2.45, 2.75) is 46.6 Å². The van der Waals surface area contributed by atoms with Gasteiger partial charge in [-0.3, -0.25) is 0 Å². The Balaban J connectivity index is 2.82. The molecule has 0 atom stereocenters.